The number of carbonyl (C=O) groups excluding carboxylic acids is 1. The van der Waals surface area contributed by atoms with Crippen molar-refractivity contribution in [3.8, 4) is 0 Å². The van der Waals surface area contributed by atoms with Crippen LogP contribution in [0.3, 0.4) is 0 Å². The van der Waals surface area contributed by atoms with Crippen LogP contribution >= 0.6 is 0 Å². The maximum Gasteiger partial charge on any atom is 0.222 e. The number of amides is 1. The third-order valence-corrected chi connectivity index (χ3v) is 3.09. The van der Waals surface area contributed by atoms with E-state index in [4.69, 9.17) is 4.42 Å². The first-order valence-electron chi connectivity index (χ1n) is 6.21. The van der Waals surface area contributed by atoms with Crippen LogP contribution in [0.1, 0.15) is 31.3 Å². The fourth-order valence-electron chi connectivity index (χ4n) is 2.15. The first-order valence-corrected chi connectivity index (χ1v) is 6.21. The van der Waals surface area contributed by atoms with Crippen molar-refractivity contribution >= 4 is 5.91 Å². The van der Waals surface area contributed by atoms with Gasteiger partial charge in [-0.3, -0.25) is 4.79 Å². The van der Waals surface area contributed by atoms with E-state index in [1.54, 1.807) is 0 Å². The molecule has 1 unspecified atom stereocenters. The molecule has 2 rings (SSSR count). The molecule has 1 saturated heterocycles. The van der Waals surface area contributed by atoms with Crippen LogP contribution in [0.2, 0.25) is 0 Å². The second-order valence-corrected chi connectivity index (χ2v) is 4.74. The Hall–Kier alpha value is -1.29. The van der Waals surface area contributed by atoms with E-state index in [1.165, 1.54) is 0 Å². The second-order valence-electron chi connectivity index (χ2n) is 4.74. The maximum atomic E-state index is 11.5. The molecule has 1 aromatic heterocycles. The van der Waals surface area contributed by atoms with Crippen LogP contribution in [-0.4, -0.2) is 29.9 Å². The van der Waals surface area contributed by atoms with Gasteiger partial charge in [-0.1, -0.05) is 0 Å². The van der Waals surface area contributed by atoms with E-state index in [0.29, 0.717) is 12.5 Å². The molecule has 2 heterocycles. The summed E-state index contributed by atoms with van der Waals surface area (Å²) in [7, 11) is 0. The number of furan rings is 1. The number of hydrogen-bond acceptors (Lipinski definition) is 3. The standard InChI is InChI=1S/C13H20N2O2/c1-10(9-15-7-3-4-13(15)16)14-8-12-6-5-11(2)17-12/h5-6,10,14H,3-4,7-9H2,1-2H3. The van der Waals surface area contributed by atoms with Gasteiger partial charge in [0, 0.05) is 25.6 Å². The van der Waals surface area contributed by atoms with E-state index < -0.39 is 0 Å². The fourth-order valence-corrected chi connectivity index (χ4v) is 2.15. The summed E-state index contributed by atoms with van der Waals surface area (Å²) < 4.78 is 5.48. The van der Waals surface area contributed by atoms with Gasteiger partial charge in [0.1, 0.15) is 11.5 Å². The number of rotatable bonds is 5. The summed E-state index contributed by atoms with van der Waals surface area (Å²) in [6, 6.07) is 4.24. The molecule has 1 atom stereocenters. The van der Waals surface area contributed by atoms with E-state index in [9.17, 15) is 4.79 Å². The Kier molecular flexibility index (Phi) is 3.84. The summed E-state index contributed by atoms with van der Waals surface area (Å²) in [5, 5.41) is 3.37. The highest BCUT2D eigenvalue weighted by Gasteiger charge is 2.21. The molecule has 17 heavy (non-hydrogen) atoms. The molecule has 0 spiro atoms. The average Bonchev–Trinajstić information content (AvgIpc) is 2.86. The quantitative estimate of drug-likeness (QED) is 0.846. The second kappa shape index (κ2) is 5.36. The van der Waals surface area contributed by atoms with Gasteiger partial charge in [0.05, 0.1) is 6.54 Å². The zero-order valence-corrected chi connectivity index (χ0v) is 10.5. The molecule has 0 radical (unpaired) electrons. The van der Waals surface area contributed by atoms with Gasteiger partial charge in [-0.15, -0.1) is 0 Å². The Morgan fingerprint density at radius 3 is 2.94 bits per heavy atom. The number of likely N-dealkylation sites (tertiary alicyclic amines) is 1. The van der Waals surface area contributed by atoms with Gasteiger partial charge >= 0.3 is 0 Å². The normalized spacial score (nSPS) is 17.8. The topological polar surface area (TPSA) is 45.5 Å². The van der Waals surface area contributed by atoms with Crippen molar-refractivity contribution in [1.29, 1.82) is 0 Å². The van der Waals surface area contributed by atoms with Crippen molar-refractivity contribution in [3.05, 3.63) is 23.7 Å². The summed E-state index contributed by atoms with van der Waals surface area (Å²) in [6.07, 6.45) is 1.72. The lowest BCUT2D eigenvalue weighted by atomic mass is 10.3. The Balaban J connectivity index is 1.73. The van der Waals surface area contributed by atoms with E-state index in [1.807, 2.05) is 24.0 Å². The summed E-state index contributed by atoms with van der Waals surface area (Å²) in [6.45, 7) is 6.46. The number of nitrogens with zero attached hydrogens (tertiary/aromatic N) is 1. The monoisotopic (exact) mass is 236 g/mol. The van der Waals surface area contributed by atoms with Crippen molar-refractivity contribution in [1.82, 2.24) is 10.2 Å². The van der Waals surface area contributed by atoms with Crippen molar-refractivity contribution in [3.63, 3.8) is 0 Å². The van der Waals surface area contributed by atoms with Crippen LogP contribution in [0.4, 0.5) is 0 Å². The minimum atomic E-state index is 0.285. The van der Waals surface area contributed by atoms with Crippen LogP contribution < -0.4 is 5.32 Å². The molecule has 1 aromatic rings. The molecule has 1 amide bonds. The minimum absolute atomic E-state index is 0.285. The van der Waals surface area contributed by atoms with E-state index in [0.717, 1.165) is 37.6 Å². The van der Waals surface area contributed by atoms with Crippen LogP contribution in [0.15, 0.2) is 16.5 Å². The van der Waals surface area contributed by atoms with Gasteiger partial charge < -0.3 is 14.6 Å². The Labute approximate surface area is 102 Å². The van der Waals surface area contributed by atoms with E-state index in [2.05, 4.69) is 12.2 Å². The van der Waals surface area contributed by atoms with Crippen LogP contribution in [0, 0.1) is 6.92 Å². The smallest absolute Gasteiger partial charge is 0.222 e. The zero-order valence-electron chi connectivity index (χ0n) is 10.5. The number of hydrogen-bond donors (Lipinski definition) is 1. The van der Waals surface area contributed by atoms with Crippen molar-refractivity contribution < 1.29 is 9.21 Å². The fraction of sp³-hybridized carbons (Fsp3) is 0.615. The van der Waals surface area contributed by atoms with E-state index >= 15 is 0 Å². The lowest BCUT2D eigenvalue weighted by Gasteiger charge is -2.21. The molecular weight excluding hydrogens is 216 g/mol. The Bertz CT molecular complexity index is 387. The zero-order chi connectivity index (χ0) is 12.3. The predicted octanol–water partition coefficient (Wildman–Crippen LogP) is 1.69. The highest BCUT2D eigenvalue weighted by Crippen LogP contribution is 2.10. The summed E-state index contributed by atoms with van der Waals surface area (Å²) >= 11 is 0. The summed E-state index contributed by atoms with van der Waals surface area (Å²) in [5.74, 6) is 2.17. The highest BCUT2D eigenvalue weighted by atomic mass is 16.3. The SMILES string of the molecule is Cc1ccc(CNC(C)CN2CCCC2=O)o1. The van der Waals surface area contributed by atoms with Gasteiger partial charge in [-0.25, -0.2) is 0 Å². The van der Waals surface area contributed by atoms with Gasteiger partial charge in [0.2, 0.25) is 5.91 Å². The molecule has 0 aromatic carbocycles. The van der Waals surface area contributed by atoms with Gasteiger partial charge in [0.25, 0.3) is 0 Å². The van der Waals surface area contributed by atoms with Crippen molar-refractivity contribution in [2.75, 3.05) is 13.1 Å². The molecule has 4 nitrogen and oxygen atoms in total. The van der Waals surface area contributed by atoms with Crippen LogP contribution in [0.5, 0.6) is 0 Å². The molecular formula is C13H20N2O2. The molecule has 4 heteroatoms. The first-order chi connectivity index (χ1) is 8.15. The molecule has 1 N–H and O–H groups in total. The third-order valence-electron chi connectivity index (χ3n) is 3.09. The largest absolute Gasteiger partial charge is 0.465 e. The van der Waals surface area contributed by atoms with Crippen molar-refractivity contribution in [2.45, 2.75) is 39.3 Å². The Morgan fingerprint density at radius 1 is 1.53 bits per heavy atom. The lowest BCUT2D eigenvalue weighted by Crippen LogP contribution is -2.39. The van der Waals surface area contributed by atoms with Gasteiger partial charge in [0.15, 0.2) is 0 Å². The summed E-state index contributed by atoms with van der Waals surface area (Å²) in [4.78, 5) is 13.4. The molecule has 1 aliphatic heterocycles. The van der Waals surface area contributed by atoms with Crippen molar-refractivity contribution in [2.24, 2.45) is 0 Å². The molecule has 1 fully saturated rings. The third kappa shape index (κ3) is 3.33. The van der Waals surface area contributed by atoms with Crippen LogP contribution in [-0.2, 0) is 11.3 Å². The van der Waals surface area contributed by atoms with Crippen LogP contribution in [0.25, 0.3) is 0 Å². The molecule has 0 aliphatic carbocycles. The maximum absolute atomic E-state index is 11.5. The Morgan fingerprint density at radius 2 is 2.35 bits per heavy atom. The van der Waals surface area contributed by atoms with Gasteiger partial charge in [-0.05, 0) is 32.4 Å². The molecule has 1 aliphatic rings. The first kappa shape index (κ1) is 12.2. The number of nitrogens with one attached hydrogen (secondary N) is 1. The number of carbonyl (C=O) groups is 1. The lowest BCUT2D eigenvalue weighted by molar-refractivity contribution is -0.127. The summed E-state index contributed by atoms with van der Waals surface area (Å²) in [5.41, 5.74) is 0. The van der Waals surface area contributed by atoms with Gasteiger partial charge in [-0.2, -0.15) is 0 Å². The minimum Gasteiger partial charge on any atom is -0.465 e. The number of aryl methyl sites for hydroxylation is 1. The highest BCUT2D eigenvalue weighted by molar-refractivity contribution is 5.78. The average molecular weight is 236 g/mol. The molecule has 0 bridgehead atoms. The predicted molar refractivity (Wildman–Crippen MR) is 65.6 cm³/mol. The van der Waals surface area contributed by atoms with E-state index in [-0.39, 0.29) is 5.91 Å². The molecule has 0 saturated carbocycles. The molecule has 94 valence electrons.